The second kappa shape index (κ2) is 5.58. The van der Waals surface area contributed by atoms with Crippen LogP contribution in [0.2, 0.25) is 0 Å². The van der Waals surface area contributed by atoms with E-state index in [1.54, 1.807) is 31.4 Å². The Hall–Kier alpha value is -1.27. The van der Waals surface area contributed by atoms with Gasteiger partial charge in [0.25, 0.3) is 5.91 Å². The van der Waals surface area contributed by atoms with E-state index >= 15 is 0 Å². The highest BCUT2D eigenvalue weighted by Crippen LogP contribution is 2.28. The van der Waals surface area contributed by atoms with Crippen molar-refractivity contribution in [3.8, 4) is 5.75 Å². The Balaban J connectivity index is 2.24. The van der Waals surface area contributed by atoms with Crippen molar-refractivity contribution in [2.24, 2.45) is 0 Å². The topological polar surface area (TPSA) is 51.5 Å². The third kappa shape index (κ3) is 2.76. The molecule has 6 heteroatoms. The zero-order chi connectivity index (χ0) is 13.1. The first-order valence-corrected chi connectivity index (χ1v) is 6.58. The summed E-state index contributed by atoms with van der Waals surface area (Å²) in [6.45, 7) is 0. The number of anilines is 1. The molecule has 1 N–H and O–H groups in total. The maximum absolute atomic E-state index is 12.0. The van der Waals surface area contributed by atoms with Crippen LogP contribution < -0.4 is 10.1 Å². The molecule has 0 spiro atoms. The van der Waals surface area contributed by atoms with Gasteiger partial charge in [0.05, 0.1) is 24.6 Å². The van der Waals surface area contributed by atoms with Crippen molar-refractivity contribution in [2.45, 2.75) is 0 Å². The molecule has 94 valence electrons. The van der Waals surface area contributed by atoms with Crippen LogP contribution in [0.5, 0.6) is 5.75 Å². The first-order chi connectivity index (χ1) is 8.61. The highest BCUT2D eigenvalue weighted by molar-refractivity contribution is 9.10. The van der Waals surface area contributed by atoms with Crippen LogP contribution in [-0.4, -0.2) is 13.0 Å². The molecule has 1 amide bonds. The van der Waals surface area contributed by atoms with Crippen LogP contribution in [0.1, 0.15) is 10.4 Å². The van der Waals surface area contributed by atoms with Crippen molar-refractivity contribution in [3.63, 3.8) is 0 Å². The van der Waals surface area contributed by atoms with Crippen molar-refractivity contribution in [3.05, 3.63) is 45.2 Å². The minimum Gasteiger partial charge on any atom is -0.497 e. The van der Waals surface area contributed by atoms with Gasteiger partial charge < -0.3 is 14.5 Å². The average Bonchev–Trinajstić information content (AvgIpc) is 2.78. The van der Waals surface area contributed by atoms with Crippen LogP contribution in [0.4, 0.5) is 5.69 Å². The molecule has 0 aliphatic heterocycles. The summed E-state index contributed by atoms with van der Waals surface area (Å²) in [4.78, 5) is 12.0. The molecule has 1 aromatic heterocycles. The van der Waals surface area contributed by atoms with E-state index in [1.165, 1.54) is 6.26 Å². The van der Waals surface area contributed by atoms with E-state index in [4.69, 9.17) is 9.15 Å². The van der Waals surface area contributed by atoms with Crippen LogP contribution in [0.15, 0.2) is 44.1 Å². The van der Waals surface area contributed by atoms with E-state index in [1.807, 2.05) is 0 Å². The minimum absolute atomic E-state index is 0.260. The number of furan rings is 1. The molecule has 0 atom stereocenters. The quantitative estimate of drug-likeness (QED) is 0.881. The van der Waals surface area contributed by atoms with Gasteiger partial charge in [-0.2, -0.15) is 0 Å². The first kappa shape index (κ1) is 13.2. The van der Waals surface area contributed by atoms with Crippen LogP contribution >= 0.6 is 31.9 Å². The maximum Gasteiger partial charge on any atom is 0.260 e. The van der Waals surface area contributed by atoms with Gasteiger partial charge in [0, 0.05) is 10.5 Å². The van der Waals surface area contributed by atoms with Gasteiger partial charge >= 0.3 is 0 Å². The van der Waals surface area contributed by atoms with Crippen LogP contribution in [0, 0.1) is 0 Å². The lowest BCUT2D eigenvalue weighted by Crippen LogP contribution is -2.12. The Labute approximate surface area is 121 Å². The number of nitrogens with one attached hydrogen (secondary N) is 1. The lowest BCUT2D eigenvalue weighted by molar-refractivity contribution is 0.102. The van der Waals surface area contributed by atoms with Gasteiger partial charge in [0.2, 0.25) is 0 Å². The second-order valence-electron chi connectivity index (χ2n) is 3.41. The van der Waals surface area contributed by atoms with Gasteiger partial charge in [0.1, 0.15) is 5.75 Å². The van der Waals surface area contributed by atoms with E-state index in [0.717, 1.165) is 4.47 Å². The van der Waals surface area contributed by atoms with E-state index in [0.29, 0.717) is 21.7 Å². The fraction of sp³-hybridized carbons (Fsp3) is 0.0833. The molecule has 0 unspecified atom stereocenters. The number of carbonyl (C=O) groups excluding carboxylic acids is 1. The summed E-state index contributed by atoms with van der Waals surface area (Å²) in [6.07, 6.45) is 1.44. The normalized spacial score (nSPS) is 10.2. The van der Waals surface area contributed by atoms with E-state index in [-0.39, 0.29) is 5.91 Å². The van der Waals surface area contributed by atoms with Crippen LogP contribution in [0.3, 0.4) is 0 Å². The van der Waals surface area contributed by atoms with Crippen molar-refractivity contribution in [1.29, 1.82) is 0 Å². The number of ether oxygens (including phenoxy) is 1. The average molecular weight is 375 g/mol. The van der Waals surface area contributed by atoms with Crippen molar-refractivity contribution < 1.29 is 13.9 Å². The summed E-state index contributed by atoms with van der Waals surface area (Å²) in [5, 5.41) is 2.77. The molecule has 0 bridgehead atoms. The maximum atomic E-state index is 12.0. The number of hydrogen-bond acceptors (Lipinski definition) is 3. The van der Waals surface area contributed by atoms with Gasteiger partial charge in [-0.05, 0) is 50.1 Å². The number of carbonyl (C=O) groups is 1. The van der Waals surface area contributed by atoms with Gasteiger partial charge in [-0.15, -0.1) is 0 Å². The minimum atomic E-state index is -0.260. The lowest BCUT2D eigenvalue weighted by atomic mass is 10.2. The van der Waals surface area contributed by atoms with Gasteiger partial charge in [0.15, 0.2) is 4.67 Å². The molecule has 1 aromatic carbocycles. The summed E-state index contributed by atoms with van der Waals surface area (Å²) in [5.41, 5.74) is 1.07. The van der Waals surface area contributed by atoms with E-state index in [9.17, 15) is 4.79 Å². The van der Waals surface area contributed by atoms with Crippen LogP contribution in [-0.2, 0) is 0 Å². The van der Waals surface area contributed by atoms with Gasteiger partial charge in [-0.3, -0.25) is 4.79 Å². The number of rotatable bonds is 3. The van der Waals surface area contributed by atoms with Crippen molar-refractivity contribution in [2.75, 3.05) is 12.4 Å². The van der Waals surface area contributed by atoms with Gasteiger partial charge in [-0.1, -0.05) is 0 Å². The Bertz CT molecular complexity index is 580. The fourth-order valence-corrected chi connectivity index (χ4v) is 2.14. The summed E-state index contributed by atoms with van der Waals surface area (Å²) >= 11 is 6.53. The molecule has 18 heavy (non-hydrogen) atoms. The molecule has 4 nitrogen and oxygen atoms in total. The van der Waals surface area contributed by atoms with Crippen molar-refractivity contribution in [1.82, 2.24) is 0 Å². The lowest BCUT2D eigenvalue weighted by Gasteiger charge is -2.08. The predicted octanol–water partition coefficient (Wildman–Crippen LogP) is 4.07. The number of methoxy groups -OCH3 is 1. The molecule has 1 heterocycles. The van der Waals surface area contributed by atoms with E-state index in [2.05, 4.69) is 37.2 Å². The Morgan fingerprint density at radius 1 is 1.33 bits per heavy atom. The Kier molecular flexibility index (Phi) is 4.08. The molecule has 0 aliphatic carbocycles. The number of benzene rings is 1. The number of hydrogen-bond donors (Lipinski definition) is 1. The van der Waals surface area contributed by atoms with E-state index < -0.39 is 0 Å². The smallest absolute Gasteiger partial charge is 0.260 e. The zero-order valence-electron chi connectivity index (χ0n) is 9.37. The first-order valence-electron chi connectivity index (χ1n) is 4.99. The summed E-state index contributed by atoms with van der Waals surface area (Å²) in [5.74, 6) is 0.407. The molecular formula is C12H9Br2NO3. The zero-order valence-corrected chi connectivity index (χ0v) is 12.5. The predicted molar refractivity (Wildman–Crippen MR) is 75.1 cm³/mol. The summed E-state index contributed by atoms with van der Waals surface area (Å²) in [7, 11) is 1.57. The monoisotopic (exact) mass is 373 g/mol. The van der Waals surface area contributed by atoms with Crippen molar-refractivity contribution >= 4 is 43.5 Å². The molecule has 0 radical (unpaired) electrons. The second-order valence-corrected chi connectivity index (χ2v) is 4.98. The summed E-state index contributed by atoms with van der Waals surface area (Å²) < 4.78 is 11.3. The third-order valence-electron chi connectivity index (χ3n) is 2.28. The van der Waals surface area contributed by atoms with Crippen LogP contribution in [0.25, 0.3) is 0 Å². The molecule has 2 rings (SSSR count). The molecule has 2 aromatic rings. The highest BCUT2D eigenvalue weighted by atomic mass is 79.9. The standard InChI is InChI=1S/C12H9Br2NO3/c1-17-7-2-3-9(13)10(6-7)15-12(16)8-4-5-18-11(8)14/h2-6H,1H3,(H,15,16). The Morgan fingerprint density at radius 3 is 2.72 bits per heavy atom. The molecule has 0 fully saturated rings. The summed E-state index contributed by atoms with van der Waals surface area (Å²) in [6, 6.07) is 6.93. The molecular weight excluding hydrogens is 366 g/mol. The highest BCUT2D eigenvalue weighted by Gasteiger charge is 2.14. The molecule has 0 saturated carbocycles. The number of amides is 1. The number of halogens is 2. The molecule has 0 aliphatic rings. The molecule has 0 saturated heterocycles. The third-order valence-corrected chi connectivity index (χ3v) is 3.59. The fourth-order valence-electron chi connectivity index (χ4n) is 1.37. The largest absolute Gasteiger partial charge is 0.497 e. The Morgan fingerprint density at radius 2 is 2.11 bits per heavy atom. The SMILES string of the molecule is COc1ccc(Br)c(NC(=O)c2ccoc2Br)c1. The van der Waals surface area contributed by atoms with Gasteiger partial charge in [-0.25, -0.2) is 0 Å².